The first-order valence-electron chi connectivity index (χ1n) is 6.48. The molecule has 0 bridgehead atoms. The molecule has 1 saturated heterocycles. The van der Waals surface area contributed by atoms with Crippen LogP contribution in [0.5, 0.6) is 0 Å². The summed E-state index contributed by atoms with van der Waals surface area (Å²) in [6, 6.07) is -0.423. The van der Waals surface area contributed by atoms with Crippen molar-refractivity contribution in [3.63, 3.8) is 0 Å². The second-order valence-corrected chi connectivity index (χ2v) is 5.81. The van der Waals surface area contributed by atoms with E-state index in [0.717, 1.165) is 11.3 Å². The lowest BCUT2D eigenvalue weighted by atomic mass is 9.84. The Morgan fingerprint density at radius 2 is 2.05 bits per heavy atom. The summed E-state index contributed by atoms with van der Waals surface area (Å²) >= 11 is 0. The van der Waals surface area contributed by atoms with Gasteiger partial charge in [-0.15, -0.1) is 0 Å². The van der Waals surface area contributed by atoms with Crippen LogP contribution in [0, 0.1) is 5.41 Å². The molecule has 1 rings (SSSR count). The molecule has 0 aromatic heterocycles. The molecule has 2 amide bonds. The Morgan fingerprint density at radius 1 is 1.42 bits per heavy atom. The van der Waals surface area contributed by atoms with Crippen LogP contribution >= 0.6 is 0 Å². The maximum absolute atomic E-state index is 11.7. The fourth-order valence-corrected chi connectivity index (χ4v) is 2.07. The average Bonchev–Trinajstić information content (AvgIpc) is 2.55. The van der Waals surface area contributed by atoms with E-state index in [1.807, 2.05) is 13.8 Å². The summed E-state index contributed by atoms with van der Waals surface area (Å²) in [6.45, 7) is 4.61. The molecular formula is C13H22N2O4. The van der Waals surface area contributed by atoms with Crippen molar-refractivity contribution >= 4 is 17.8 Å². The molecule has 1 fully saturated rings. The van der Waals surface area contributed by atoms with Crippen LogP contribution in [0.1, 0.15) is 39.5 Å². The minimum absolute atomic E-state index is 0.0943. The van der Waals surface area contributed by atoms with Gasteiger partial charge in [-0.1, -0.05) is 13.8 Å². The Hall–Kier alpha value is -1.43. The highest BCUT2D eigenvalue weighted by molar-refractivity contribution is 6.05. The second-order valence-electron chi connectivity index (χ2n) is 5.81. The van der Waals surface area contributed by atoms with Crippen molar-refractivity contribution in [3.05, 3.63) is 0 Å². The molecule has 1 aliphatic heterocycles. The Morgan fingerprint density at radius 3 is 2.53 bits per heavy atom. The largest absolute Gasteiger partial charge is 0.481 e. The summed E-state index contributed by atoms with van der Waals surface area (Å²) in [5.74, 6) is -1.14. The van der Waals surface area contributed by atoms with Crippen LogP contribution in [0.2, 0.25) is 0 Å². The first kappa shape index (κ1) is 15.6. The second kappa shape index (κ2) is 6.14. The van der Waals surface area contributed by atoms with E-state index in [-0.39, 0.29) is 30.1 Å². The highest BCUT2D eigenvalue weighted by Crippen LogP contribution is 2.26. The third-order valence-corrected chi connectivity index (χ3v) is 3.59. The summed E-state index contributed by atoms with van der Waals surface area (Å²) in [7, 11) is 1.49. The summed E-state index contributed by atoms with van der Waals surface area (Å²) in [6.07, 6.45) is 1.73. The van der Waals surface area contributed by atoms with Crippen molar-refractivity contribution in [1.29, 1.82) is 0 Å². The summed E-state index contributed by atoms with van der Waals surface area (Å²) in [5.41, 5.74) is -0.0943. The molecule has 1 unspecified atom stereocenters. The lowest BCUT2D eigenvalue weighted by molar-refractivity contribution is -0.138. The SMILES string of the molecule is CN1C(=O)CC(NCCC(C)(C)CCC(=O)O)C1=O. The first-order valence-corrected chi connectivity index (χ1v) is 6.48. The molecule has 0 spiro atoms. The minimum Gasteiger partial charge on any atom is -0.481 e. The highest BCUT2D eigenvalue weighted by atomic mass is 16.4. The van der Waals surface area contributed by atoms with Crippen LogP contribution in [0.15, 0.2) is 0 Å². The van der Waals surface area contributed by atoms with Crippen LogP contribution in [-0.2, 0) is 14.4 Å². The molecule has 1 atom stereocenters. The summed E-state index contributed by atoms with van der Waals surface area (Å²) in [5, 5.41) is 11.7. The first-order chi connectivity index (χ1) is 8.73. The van der Waals surface area contributed by atoms with Gasteiger partial charge >= 0.3 is 5.97 Å². The predicted octanol–water partition coefficient (Wildman–Crippen LogP) is 0.614. The number of nitrogens with one attached hydrogen (secondary N) is 1. The van der Waals surface area contributed by atoms with Crippen molar-refractivity contribution in [3.8, 4) is 0 Å². The fraction of sp³-hybridized carbons (Fsp3) is 0.769. The molecule has 0 radical (unpaired) electrons. The normalized spacial score (nSPS) is 20.2. The molecule has 19 heavy (non-hydrogen) atoms. The standard InChI is InChI=1S/C13H22N2O4/c1-13(2,5-4-11(17)18)6-7-14-9-8-10(16)15(3)12(9)19/h9,14H,4-8H2,1-3H3,(H,17,18). The summed E-state index contributed by atoms with van der Waals surface area (Å²) < 4.78 is 0. The number of carboxylic acid groups (broad SMARTS) is 1. The number of hydrogen-bond donors (Lipinski definition) is 2. The molecule has 108 valence electrons. The quantitative estimate of drug-likeness (QED) is 0.662. The van der Waals surface area contributed by atoms with Crippen molar-refractivity contribution in [2.75, 3.05) is 13.6 Å². The van der Waals surface area contributed by atoms with E-state index in [9.17, 15) is 14.4 Å². The van der Waals surface area contributed by atoms with Crippen molar-refractivity contribution in [2.24, 2.45) is 5.41 Å². The monoisotopic (exact) mass is 270 g/mol. The Balaban J connectivity index is 2.32. The Kier molecular flexibility index (Phi) is 5.05. The van der Waals surface area contributed by atoms with Crippen LogP contribution < -0.4 is 5.32 Å². The molecule has 1 heterocycles. The van der Waals surface area contributed by atoms with E-state index >= 15 is 0 Å². The summed E-state index contributed by atoms with van der Waals surface area (Å²) in [4.78, 5) is 34.7. The van der Waals surface area contributed by atoms with E-state index in [0.29, 0.717) is 13.0 Å². The Labute approximate surface area is 113 Å². The molecule has 0 aromatic carbocycles. The van der Waals surface area contributed by atoms with Gasteiger partial charge in [-0.05, 0) is 24.8 Å². The number of carboxylic acids is 1. The number of carbonyl (C=O) groups excluding carboxylic acids is 2. The number of aliphatic carboxylic acids is 1. The van der Waals surface area contributed by atoms with Gasteiger partial charge < -0.3 is 10.4 Å². The predicted molar refractivity (Wildman–Crippen MR) is 69.5 cm³/mol. The van der Waals surface area contributed by atoms with Crippen LogP contribution in [-0.4, -0.2) is 47.4 Å². The van der Waals surface area contributed by atoms with E-state index < -0.39 is 12.0 Å². The number of imide groups is 1. The van der Waals surface area contributed by atoms with Gasteiger partial charge in [0.2, 0.25) is 11.8 Å². The van der Waals surface area contributed by atoms with E-state index in [2.05, 4.69) is 5.32 Å². The topological polar surface area (TPSA) is 86.7 Å². The minimum atomic E-state index is -0.792. The van der Waals surface area contributed by atoms with Gasteiger partial charge in [0.1, 0.15) is 0 Å². The van der Waals surface area contributed by atoms with E-state index in [1.165, 1.54) is 7.05 Å². The van der Waals surface area contributed by atoms with Crippen LogP contribution in [0.25, 0.3) is 0 Å². The molecule has 0 aromatic rings. The van der Waals surface area contributed by atoms with Gasteiger partial charge in [-0.3, -0.25) is 19.3 Å². The van der Waals surface area contributed by atoms with Gasteiger partial charge in [0, 0.05) is 13.5 Å². The zero-order valence-electron chi connectivity index (χ0n) is 11.7. The lowest BCUT2D eigenvalue weighted by Gasteiger charge is -2.24. The molecule has 6 heteroatoms. The van der Waals surface area contributed by atoms with E-state index in [4.69, 9.17) is 5.11 Å². The van der Waals surface area contributed by atoms with Crippen molar-refractivity contribution in [1.82, 2.24) is 10.2 Å². The molecule has 6 nitrogen and oxygen atoms in total. The average molecular weight is 270 g/mol. The zero-order valence-corrected chi connectivity index (χ0v) is 11.7. The number of likely N-dealkylation sites (N-methyl/N-ethyl adjacent to an activating group) is 1. The maximum Gasteiger partial charge on any atom is 0.303 e. The molecule has 0 aliphatic carbocycles. The molecule has 0 saturated carbocycles. The van der Waals surface area contributed by atoms with Gasteiger partial charge in [-0.25, -0.2) is 0 Å². The highest BCUT2D eigenvalue weighted by Gasteiger charge is 2.35. The number of nitrogens with zero attached hydrogens (tertiary/aromatic N) is 1. The van der Waals surface area contributed by atoms with Crippen molar-refractivity contribution in [2.45, 2.75) is 45.6 Å². The van der Waals surface area contributed by atoms with Gasteiger partial charge in [0.05, 0.1) is 12.5 Å². The van der Waals surface area contributed by atoms with Gasteiger partial charge in [0.25, 0.3) is 0 Å². The fourth-order valence-electron chi connectivity index (χ4n) is 2.07. The van der Waals surface area contributed by atoms with Gasteiger partial charge in [-0.2, -0.15) is 0 Å². The number of carbonyl (C=O) groups is 3. The van der Waals surface area contributed by atoms with E-state index in [1.54, 1.807) is 0 Å². The van der Waals surface area contributed by atoms with Crippen LogP contribution in [0.4, 0.5) is 0 Å². The van der Waals surface area contributed by atoms with Crippen molar-refractivity contribution < 1.29 is 19.5 Å². The number of likely N-dealkylation sites (tertiary alicyclic amines) is 1. The third kappa shape index (κ3) is 4.63. The Bertz CT molecular complexity index is 379. The third-order valence-electron chi connectivity index (χ3n) is 3.59. The zero-order chi connectivity index (χ0) is 14.6. The number of hydrogen-bond acceptors (Lipinski definition) is 4. The van der Waals surface area contributed by atoms with Gasteiger partial charge in [0.15, 0.2) is 0 Å². The number of amides is 2. The maximum atomic E-state index is 11.7. The lowest BCUT2D eigenvalue weighted by Crippen LogP contribution is -2.38. The molecular weight excluding hydrogens is 248 g/mol. The molecule has 2 N–H and O–H groups in total. The smallest absolute Gasteiger partial charge is 0.303 e. The molecule has 1 aliphatic rings. The number of rotatable bonds is 7. The van der Waals surface area contributed by atoms with Crippen LogP contribution in [0.3, 0.4) is 0 Å².